The van der Waals surface area contributed by atoms with Gasteiger partial charge in [-0.3, -0.25) is 19.3 Å². The summed E-state index contributed by atoms with van der Waals surface area (Å²) < 4.78 is 0. The minimum atomic E-state index is -0.406. The van der Waals surface area contributed by atoms with Gasteiger partial charge in [0, 0.05) is 23.7 Å². The molecule has 1 N–H and O–H groups in total. The van der Waals surface area contributed by atoms with Gasteiger partial charge in [0.1, 0.15) is 0 Å². The van der Waals surface area contributed by atoms with Crippen LogP contribution in [0.15, 0.2) is 42.5 Å². The number of likely N-dealkylation sites (tertiary alicyclic amines) is 1. The van der Waals surface area contributed by atoms with E-state index in [1.54, 1.807) is 30.3 Å². The number of nitrogens with zero attached hydrogens (tertiary/aromatic N) is 2. The average molecular weight is 412 g/mol. The molecule has 3 amide bonds. The van der Waals surface area contributed by atoms with Crippen molar-refractivity contribution in [3.8, 4) is 0 Å². The third-order valence-electron chi connectivity index (χ3n) is 5.43. The lowest BCUT2D eigenvalue weighted by atomic mass is 10.1. The molecule has 0 aliphatic carbocycles. The molecule has 29 heavy (non-hydrogen) atoms. The van der Waals surface area contributed by atoms with Crippen LogP contribution >= 0.6 is 11.6 Å². The molecule has 150 valence electrons. The maximum absolute atomic E-state index is 12.8. The standard InChI is InChI=1S/C22H22ClN3O3/c23-19-6-2-1-5-16(19)14-26-21(28)17-8-7-15(13-18(17)22(26)29)20(27)24-9-12-25-10-3-4-11-25/h1-2,5-8,13H,3-4,9-12,14H2,(H,24,27). The van der Waals surface area contributed by atoms with Crippen LogP contribution in [0.25, 0.3) is 0 Å². The van der Waals surface area contributed by atoms with Gasteiger partial charge in [-0.2, -0.15) is 0 Å². The van der Waals surface area contributed by atoms with Gasteiger partial charge in [-0.05, 0) is 55.8 Å². The molecule has 0 bridgehead atoms. The second-order valence-electron chi connectivity index (χ2n) is 7.35. The fourth-order valence-corrected chi connectivity index (χ4v) is 4.00. The summed E-state index contributed by atoms with van der Waals surface area (Å²) in [5.41, 5.74) is 1.65. The number of carbonyl (C=O) groups excluding carboxylic acids is 3. The Morgan fingerprint density at radius 1 is 1.00 bits per heavy atom. The summed E-state index contributed by atoms with van der Waals surface area (Å²) >= 11 is 6.17. The normalized spacial score (nSPS) is 16.4. The van der Waals surface area contributed by atoms with Crippen LogP contribution in [0.1, 0.15) is 49.5 Å². The molecule has 0 aromatic heterocycles. The van der Waals surface area contributed by atoms with Crippen molar-refractivity contribution >= 4 is 29.3 Å². The molecule has 0 saturated carbocycles. The molecule has 0 radical (unpaired) electrons. The summed E-state index contributed by atoms with van der Waals surface area (Å²) in [6.45, 7) is 3.63. The Morgan fingerprint density at radius 3 is 2.48 bits per heavy atom. The Balaban J connectivity index is 1.45. The number of carbonyl (C=O) groups is 3. The summed E-state index contributed by atoms with van der Waals surface area (Å²) in [5.74, 6) is -1.01. The monoisotopic (exact) mass is 411 g/mol. The third kappa shape index (κ3) is 4.04. The minimum absolute atomic E-state index is 0.101. The number of halogens is 1. The molecule has 1 saturated heterocycles. The highest BCUT2D eigenvalue weighted by Gasteiger charge is 2.36. The van der Waals surface area contributed by atoms with Gasteiger partial charge < -0.3 is 10.2 Å². The van der Waals surface area contributed by atoms with E-state index < -0.39 is 5.91 Å². The first-order valence-corrected chi connectivity index (χ1v) is 10.2. The van der Waals surface area contributed by atoms with E-state index in [0.29, 0.717) is 28.3 Å². The molecule has 4 rings (SSSR count). The number of rotatable bonds is 6. The minimum Gasteiger partial charge on any atom is -0.351 e. The van der Waals surface area contributed by atoms with E-state index in [2.05, 4.69) is 10.2 Å². The molecule has 7 heteroatoms. The van der Waals surface area contributed by atoms with Crippen molar-refractivity contribution in [2.75, 3.05) is 26.2 Å². The van der Waals surface area contributed by atoms with Crippen molar-refractivity contribution in [2.24, 2.45) is 0 Å². The van der Waals surface area contributed by atoms with Crippen LogP contribution in [0.2, 0.25) is 5.02 Å². The van der Waals surface area contributed by atoms with Crippen molar-refractivity contribution in [3.05, 3.63) is 69.7 Å². The molecule has 2 aromatic rings. The first kappa shape index (κ1) is 19.6. The molecule has 2 heterocycles. The first-order valence-electron chi connectivity index (χ1n) is 9.79. The van der Waals surface area contributed by atoms with Crippen LogP contribution < -0.4 is 5.32 Å². The van der Waals surface area contributed by atoms with Crippen LogP contribution in [-0.2, 0) is 6.54 Å². The summed E-state index contributed by atoms with van der Waals surface area (Å²) in [6.07, 6.45) is 2.42. The molecule has 0 atom stereocenters. The van der Waals surface area contributed by atoms with Gasteiger partial charge in [-0.1, -0.05) is 29.8 Å². The van der Waals surface area contributed by atoms with Gasteiger partial charge >= 0.3 is 0 Å². The quantitative estimate of drug-likeness (QED) is 0.742. The molecule has 6 nitrogen and oxygen atoms in total. The van der Waals surface area contributed by atoms with E-state index >= 15 is 0 Å². The molecule has 0 spiro atoms. The number of hydrogen-bond acceptors (Lipinski definition) is 4. The van der Waals surface area contributed by atoms with E-state index in [4.69, 9.17) is 11.6 Å². The van der Waals surface area contributed by atoms with Crippen molar-refractivity contribution in [1.82, 2.24) is 15.1 Å². The predicted molar refractivity (Wildman–Crippen MR) is 110 cm³/mol. The van der Waals surface area contributed by atoms with E-state index in [1.165, 1.54) is 23.8 Å². The number of amides is 3. The zero-order chi connectivity index (χ0) is 20.4. The van der Waals surface area contributed by atoms with Crippen LogP contribution in [0, 0.1) is 0 Å². The summed E-state index contributed by atoms with van der Waals surface area (Å²) in [4.78, 5) is 41.4. The van der Waals surface area contributed by atoms with Crippen molar-refractivity contribution in [3.63, 3.8) is 0 Å². The molecule has 2 aliphatic rings. The summed E-state index contributed by atoms with van der Waals surface area (Å²) in [6, 6.07) is 11.8. The van der Waals surface area contributed by atoms with E-state index in [-0.39, 0.29) is 23.9 Å². The number of hydrogen-bond donors (Lipinski definition) is 1. The van der Waals surface area contributed by atoms with E-state index in [9.17, 15) is 14.4 Å². The topological polar surface area (TPSA) is 69.7 Å². The molecule has 2 aromatic carbocycles. The van der Waals surface area contributed by atoms with Gasteiger partial charge in [0.25, 0.3) is 17.7 Å². The van der Waals surface area contributed by atoms with Gasteiger partial charge in [-0.15, -0.1) is 0 Å². The molecule has 0 unspecified atom stereocenters. The van der Waals surface area contributed by atoms with Crippen LogP contribution in [-0.4, -0.2) is 53.7 Å². The maximum atomic E-state index is 12.8. The highest BCUT2D eigenvalue weighted by molar-refractivity contribution is 6.31. The second-order valence-corrected chi connectivity index (χ2v) is 7.76. The lowest BCUT2D eigenvalue weighted by Crippen LogP contribution is -2.33. The van der Waals surface area contributed by atoms with E-state index in [0.717, 1.165) is 19.6 Å². The lowest BCUT2D eigenvalue weighted by Gasteiger charge is -2.15. The Bertz CT molecular complexity index is 970. The van der Waals surface area contributed by atoms with Crippen molar-refractivity contribution < 1.29 is 14.4 Å². The molecular formula is C22H22ClN3O3. The zero-order valence-electron chi connectivity index (χ0n) is 16.0. The Hall–Kier alpha value is -2.70. The van der Waals surface area contributed by atoms with Gasteiger partial charge in [0.05, 0.1) is 17.7 Å². The van der Waals surface area contributed by atoms with Crippen molar-refractivity contribution in [1.29, 1.82) is 0 Å². The lowest BCUT2D eigenvalue weighted by molar-refractivity contribution is 0.0642. The zero-order valence-corrected chi connectivity index (χ0v) is 16.7. The number of fused-ring (bicyclic) bond motifs is 1. The van der Waals surface area contributed by atoms with E-state index in [1.807, 2.05) is 6.07 Å². The molecule has 2 aliphatic heterocycles. The fraction of sp³-hybridized carbons (Fsp3) is 0.318. The number of nitrogens with one attached hydrogen (secondary N) is 1. The predicted octanol–water partition coefficient (Wildman–Crippen LogP) is 2.96. The number of imide groups is 1. The highest BCUT2D eigenvalue weighted by Crippen LogP contribution is 2.27. The molecule has 1 fully saturated rings. The number of benzene rings is 2. The second kappa shape index (κ2) is 8.35. The third-order valence-corrected chi connectivity index (χ3v) is 5.80. The Labute approximate surface area is 174 Å². The first-order chi connectivity index (χ1) is 14.0. The average Bonchev–Trinajstić information content (AvgIpc) is 3.32. The fourth-order valence-electron chi connectivity index (χ4n) is 3.81. The van der Waals surface area contributed by atoms with Crippen LogP contribution in [0.4, 0.5) is 0 Å². The summed E-state index contributed by atoms with van der Waals surface area (Å²) in [5, 5.41) is 3.40. The SMILES string of the molecule is O=C(NCCN1CCCC1)c1ccc2c(c1)C(=O)N(Cc1ccccc1Cl)C2=O. The molecular weight excluding hydrogens is 390 g/mol. The maximum Gasteiger partial charge on any atom is 0.261 e. The van der Waals surface area contributed by atoms with Crippen LogP contribution in [0.5, 0.6) is 0 Å². The van der Waals surface area contributed by atoms with Gasteiger partial charge in [-0.25, -0.2) is 0 Å². The van der Waals surface area contributed by atoms with Crippen molar-refractivity contribution in [2.45, 2.75) is 19.4 Å². The Kier molecular flexibility index (Phi) is 5.65. The van der Waals surface area contributed by atoms with Gasteiger partial charge in [0.15, 0.2) is 0 Å². The highest BCUT2D eigenvalue weighted by atomic mass is 35.5. The summed E-state index contributed by atoms with van der Waals surface area (Å²) in [7, 11) is 0. The largest absolute Gasteiger partial charge is 0.351 e. The van der Waals surface area contributed by atoms with Crippen LogP contribution in [0.3, 0.4) is 0 Å². The van der Waals surface area contributed by atoms with Gasteiger partial charge in [0.2, 0.25) is 0 Å². The smallest absolute Gasteiger partial charge is 0.261 e. The Morgan fingerprint density at radius 2 is 1.72 bits per heavy atom.